The van der Waals surface area contributed by atoms with E-state index >= 15 is 0 Å². The molecular weight excluding hydrogens is 216 g/mol. The van der Waals surface area contributed by atoms with E-state index < -0.39 is 0 Å². The van der Waals surface area contributed by atoms with Gasteiger partial charge >= 0.3 is 5.97 Å². The minimum atomic E-state index is -0.245. The van der Waals surface area contributed by atoms with Gasteiger partial charge in [-0.15, -0.1) is 0 Å². The molecule has 0 aliphatic carbocycles. The minimum Gasteiger partial charge on any atom is -0.463 e. The molecule has 17 heavy (non-hydrogen) atoms. The fraction of sp³-hybridized carbons (Fsp3) is 0.769. The quantitative estimate of drug-likeness (QED) is 0.559. The van der Waals surface area contributed by atoms with Gasteiger partial charge in [-0.3, -0.25) is 4.90 Å². The van der Waals surface area contributed by atoms with Crippen LogP contribution in [0.2, 0.25) is 0 Å². The smallest absolute Gasteiger partial charge is 0.330 e. The molecule has 4 heteroatoms. The fourth-order valence-electron chi connectivity index (χ4n) is 2.16. The summed E-state index contributed by atoms with van der Waals surface area (Å²) in [4.78, 5) is 13.5. The third-order valence-corrected chi connectivity index (χ3v) is 3.07. The molecule has 0 radical (unpaired) electrons. The molecule has 1 N–H and O–H groups in total. The molecule has 98 valence electrons. The summed E-state index contributed by atoms with van der Waals surface area (Å²) in [6, 6.07) is 0.598. The third-order valence-electron chi connectivity index (χ3n) is 3.07. The van der Waals surface area contributed by atoms with Gasteiger partial charge in [-0.05, 0) is 32.9 Å². The Balaban J connectivity index is 2.33. The summed E-state index contributed by atoms with van der Waals surface area (Å²) < 4.78 is 4.85. The van der Waals surface area contributed by atoms with Crippen LogP contribution in [0.3, 0.4) is 0 Å². The Morgan fingerprint density at radius 2 is 2.35 bits per heavy atom. The topological polar surface area (TPSA) is 41.6 Å². The van der Waals surface area contributed by atoms with Crippen molar-refractivity contribution in [3.05, 3.63) is 12.2 Å². The highest BCUT2D eigenvalue weighted by atomic mass is 16.5. The highest BCUT2D eigenvalue weighted by molar-refractivity contribution is 5.81. The number of carbonyl (C=O) groups excluding carboxylic acids is 1. The van der Waals surface area contributed by atoms with Gasteiger partial charge in [0.2, 0.25) is 0 Å². The number of hydrogen-bond acceptors (Lipinski definition) is 4. The average Bonchev–Trinajstić information content (AvgIpc) is 2.36. The summed E-state index contributed by atoms with van der Waals surface area (Å²) in [6.07, 6.45) is 5.91. The van der Waals surface area contributed by atoms with E-state index in [-0.39, 0.29) is 5.97 Å². The normalized spacial score (nSPS) is 21.0. The van der Waals surface area contributed by atoms with Crippen molar-refractivity contribution in [3.8, 4) is 0 Å². The zero-order chi connectivity index (χ0) is 12.5. The second kappa shape index (κ2) is 8.25. The highest BCUT2D eigenvalue weighted by Gasteiger charge is 2.18. The lowest BCUT2D eigenvalue weighted by atomic mass is 10.1. The second-order valence-corrected chi connectivity index (χ2v) is 4.24. The molecule has 0 aromatic carbocycles. The fourth-order valence-corrected chi connectivity index (χ4v) is 2.16. The molecule has 1 saturated heterocycles. The first kappa shape index (κ1) is 14.2. The van der Waals surface area contributed by atoms with E-state index in [0.29, 0.717) is 12.6 Å². The maximum atomic E-state index is 11.1. The molecule has 4 nitrogen and oxygen atoms in total. The van der Waals surface area contributed by atoms with E-state index in [2.05, 4.69) is 17.1 Å². The molecule has 1 aliphatic rings. The number of carbonyl (C=O) groups is 1. The van der Waals surface area contributed by atoms with Crippen molar-refractivity contribution in [3.63, 3.8) is 0 Å². The Bertz CT molecular complexity index is 248. The van der Waals surface area contributed by atoms with E-state index in [0.717, 1.165) is 26.2 Å². The molecule has 0 bridgehead atoms. The van der Waals surface area contributed by atoms with Crippen LogP contribution in [0.5, 0.6) is 0 Å². The van der Waals surface area contributed by atoms with Gasteiger partial charge in [0.25, 0.3) is 0 Å². The molecular formula is C13H24N2O2. The van der Waals surface area contributed by atoms with Gasteiger partial charge in [0.05, 0.1) is 6.61 Å². The van der Waals surface area contributed by atoms with Gasteiger partial charge in [0.1, 0.15) is 0 Å². The predicted molar refractivity (Wildman–Crippen MR) is 68.9 cm³/mol. The Morgan fingerprint density at radius 1 is 1.53 bits per heavy atom. The molecule has 0 aromatic heterocycles. The standard InChI is InChI=1S/C13H24N2O2/c1-3-15(12-7-5-9-14-11-12)10-6-8-13(16)17-4-2/h6,8,12,14H,3-5,7,9-11H2,1-2H3/b8-6+. The van der Waals surface area contributed by atoms with E-state index in [4.69, 9.17) is 4.74 Å². The van der Waals surface area contributed by atoms with Crippen molar-refractivity contribution >= 4 is 5.97 Å². The van der Waals surface area contributed by atoms with Crippen LogP contribution in [0.1, 0.15) is 26.7 Å². The minimum absolute atomic E-state index is 0.245. The van der Waals surface area contributed by atoms with E-state index in [1.165, 1.54) is 18.9 Å². The molecule has 1 heterocycles. The van der Waals surface area contributed by atoms with Crippen molar-refractivity contribution in [2.75, 3.05) is 32.8 Å². The van der Waals surface area contributed by atoms with Gasteiger partial charge in [-0.25, -0.2) is 4.79 Å². The van der Waals surface area contributed by atoms with Gasteiger partial charge in [-0.2, -0.15) is 0 Å². The van der Waals surface area contributed by atoms with E-state index in [1.54, 1.807) is 0 Å². The summed E-state index contributed by atoms with van der Waals surface area (Å²) in [5.74, 6) is -0.245. The van der Waals surface area contributed by atoms with Crippen molar-refractivity contribution in [1.82, 2.24) is 10.2 Å². The first-order valence-electron chi connectivity index (χ1n) is 6.56. The largest absolute Gasteiger partial charge is 0.463 e. The lowest BCUT2D eigenvalue weighted by Gasteiger charge is -2.33. The Morgan fingerprint density at radius 3 is 2.94 bits per heavy atom. The number of nitrogens with one attached hydrogen (secondary N) is 1. The Hall–Kier alpha value is -0.870. The van der Waals surface area contributed by atoms with Crippen LogP contribution in [0.15, 0.2) is 12.2 Å². The Labute approximate surface area is 104 Å². The summed E-state index contributed by atoms with van der Waals surface area (Å²) in [6.45, 7) is 8.44. The second-order valence-electron chi connectivity index (χ2n) is 4.24. The molecule has 1 rings (SSSR count). The van der Waals surface area contributed by atoms with Crippen LogP contribution >= 0.6 is 0 Å². The lowest BCUT2D eigenvalue weighted by Crippen LogP contribution is -2.45. The zero-order valence-corrected chi connectivity index (χ0v) is 10.9. The molecule has 0 saturated carbocycles. The monoisotopic (exact) mass is 240 g/mol. The maximum Gasteiger partial charge on any atom is 0.330 e. The number of likely N-dealkylation sites (N-methyl/N-ethyl adjacent to an activating group) is 1. The van der Waals surface area contributed by atoms with Gasteiger partial charge in [0.15, 0.2) is 0 Å². The van der Waals surface area contributed by atoms with Crippen molar-refractivity contribution < 1.29 is 9.53 Å². The van der Waals surface area contributed by atoms with Crippen LogP contribution in [0.25, 0.3) is 0 Å². The SMILES string of the molecule is CCOC(=O)/C=C/CN(CC)C1CCCNC1. The van der Waals surface area contributed by atoms with Crippen LogP contribution in [-0.4, -0.2) is 49.7 Å². The van der Waals surface area contributed by atoms with Crippen molar-refractivity contribution in [1.29, 1.82) is 0 Å². The van der Waals surface area contributed by atoms with Crippen LogP contribution in [-0.2, 0) is 9.53 Å². The lowest BCUT2D eigenvalue weighted by molar-refractivity contribution is -0.137. The van der Waals surface area contributed by atoms with E-state index in [1.807, 2.05) is 13.0 Å². The molecule has 1 atom stereocenters. The number of nitrogens with zero attached hydrogens (tertiary/aromatic N) is 1. The van der Waals surface area contributed by atoms with Crippen molar-refractivity contribution in [2.24, 2.45) is 0 Å². The number of ether oxygens (including phenoxy) is 1. The zero-order valence-electron chi connectivity index (χ0n) is 10.9. The molecule has 0 spiro atoms. The summed E-state index contributed by atoms with van der Waals surface area (Å²) in [7, 11) is 0. The average molecular weight is 240 g/mol. The third kappa shape index (κ3) is 5.33. The van der Waals surface area contributed by atoms with Crippen LogP contribution in [0, 0.1) is 0 Å². The molecule has 1 fully saturated rings. The summed E-state index contributed by atoms with van der Waals surface area (Å²) in [5.41, 5.74) is 0. The number of hydrogen-bond donors (Lipinski definition) is 1. The van der Waals surface area contributed by atoms with Crippen LogP contribution in [0.4, 0.5) is 0 Å². The van der Waals surface area contributed by atoms with Gasteiger partial charge in [0, 0.05) is 25.2 Å². The molecule has 0 aromatic rings. The summed E-state index contributed by atoms with van der Waals surface area (Å²) >= 11 is 0. The summed E-state index contributed by atoms with van der Waals surface area (Å²) in [5, 5.41) is 3.41. The van der Waals surface area contributed by atoms with Crippen molar-refractivity contribution in [2.45, 2.75) is 32.7 Å². The maximum absolute atomic E-state index is 11.1. The first-order valence-corrected chi connectivity index (χ1v) is 6.56. The van der Waals surface area contributed by atoms with E-state index in [9.17, 15) is 4.79 Å². The van der Waals surface area contributed by atoms with Gasteiger partial charge < -0.3 is 10.1 Å². The number of esters is 1. The first-order chi connectivity index (χ1) is 8.27. The Kier molecular flexibility index (Phi) is 6.89. The molecule has 1 unspecified atom stereocenters. The predicted octanol–water partition coefficient (Wildman–Crippen LogP) is 1.18. The highest BCUT2D eigenvalue weighted by Crippen LogP contribution is 2.09. The number of rotatable bonds is 6. The molecule has 1 aliphatic heterocycles. The molecule has 0 amide bonds. The van der Waals surface area contributed by atoms with Crippen LogP contribution < -0.4 is 5.32 Å². The number of piperidine rings is 1. The van der Waals surface area contributed by atoms with Gasteiger partial charge in [-0.1, -0.05) is 13.0 Å².